The van der Waals surface area contributed by atoms with E-state index in [1.54, 1.807) is 30.3 Å². The van der Waals surface area contributed by atoms with Gasteiger partial charge in [-0.25, -0.2) is 4.98 Å². The molecule has 2 heterocycles. The van der Waals surface area contributed by atoms with Crippen molar-refractivity contribution in [3.63, 3.8) is 0 Å². The fraction of sp³-hybridized carbons (Fsp3) is 0.231. The highest BCUT2D eigenvalue weighted by Gasteiger charge is 2.14. The van der Waals surface area contributed by atoms with Gasteiger partial charge in [0, 0.05) is 37.7 Å². The van der Waals surface area contributed by atoms with E-state index in [0.717, 1.165) is 5.69 Å². The van der Waals surface area contributed by atoms with Gasteiger partial charge >= 0.3 is 0 Å². The average molecular weight is 343 g/mol. The number of carbonyl (C=O) groups is 1. The molecule has 0 aromatic carbocycles. The van der Waals surface area contributed by atoms with Crippen molar-refractivity contribution in [1.82, 2.24) is 14.5 Å². The molecule has 0 fully saturated rings. The lowest BCUT2D eigenvalue weighted by atomic mass is 10.2. The number of pyridine rings is 1. The maximum atomic E-state index is 12.3. The van der Waals surface area contributed by atoms with Crippen molar-refractivity contribution in [2.75, 3.05) is 7.05 Å². The van der Waals surface area contributed by atoms with Crippen molar-refractivity contribution >= 4 is 33.4 Å². The van der Waals surface area contributed by atoms with Crippen LogP contribution in [0.3, 0.4) is 0 Å². The maximum absolute atomic E-state index is 12.3. The molecule has 0 unspecified atom stereocenters. The Morgan fingerprint density at radius 2 is 2.26 bits per heavy atom. The number of aromatic nitrogens is 2. The lowest BCUT2D eigenvalue weighted by Gasteiger charge is -2.17. The number of nitrogens with zero attached hydrogens (tertiary/aromatic N) is 3. The van der Waals surface area contributed by atoms with Crippen LogP contribution in [0.2, 0.25) is 5.02 Å². The standard InChI is InChI=1S/C13H13BrClN3O/c1-17-7-10(15)6-11(17)8-18(2)13(19)9-3-4-16-12(14)5-9/h3-7H,8H2,1-2H3. The first kappa shape index (κ1) is 14.1. The number of rotatable bonds is 3. The molecule has 2 rings (SSSR count). The summed E-state index contributed by atoms with van der Waals surface area (Å²) in [5.41, 5.74) is 1.58. The highest BCUT2D eigenvalue weighted by atomic mass is 79.9. The summed E-state index contributed by atoms with van der Waals surface area (Å²) in [4.78, 5) is 17.9. The van der Waals surface area contributed by atoms with E-state index in [1.165, 1.54) is 0 Å². The molecule has 0 aliphatic carbocycles. The Morgan fingerprint density at radius 3 is 2.84 bits per heavy atom. The van der Waals surface area contributed by atoms with E-state index in [2.05, 4.69) is 20.9 Å². The van der Waals surface area contributed by atoms with Crippen LogP contribution in [0.4, 0.5) is 0 Å². The summed E-state index contributed by atoms with van der Waals surface area (Å²) < 4.78 is 2.56. The number of hydrogen-bond donors (Lipinski definition) is 0. The molecular formula is C13H13BrClN3O. The molecule has 2 aromatic heterocycles. The maximum Gasteiger partial charge on any atom is 0.254 e. The molecule has 0 aliphatic rings. The molecule has 0 N–H and O–H groups in total. The van der Waals surface area contributed by atoms with Gasteiger partial charge in [0.05, 0.1) is 11.6 Å². The van der Waals surface area contributed by atoms with Crippen molar-refractivity contribution in [1.29, 1.82) is 0 Å². The second-order valence-corrected chi connectivity index (χ2v) is 5.54. The van der Waals surface area contributed by atoms with Gasteiger partial charge in [0.15, 0.2) is 0 Å². The molecule has 100 valence electrons. The second-order valence-electron chi connectivity index (χ2n) is 4.29. The SMILES string of the molecule is CN(Cc1cc(Cl)cn1C)C(=O)c1ccnc(Br)c1. The molecule has 0 spiro atoms. The largest absolute Gasteiger partial charge is 0.351 e. The Morgan fingerprint density at radius 1 is 1.53 bits per heavy atom. The fourth-order valence-electron chi connectivity index (χ4n) is 1.79. The van der Waals surface area contributed by atoms with Gasteiger partial charge in [-0.3, -0.25) is 4.79 Å². The molecule has 0 aliphatic heterocycles. The summed E-state index contributed by atoms with van der Waals surface area (Å²) >= 11 is 9.19. The predicted octanol–water partition coefficient (Wildman–Crippen LogP) is 3.11. The third-order valence-corrected chi connectivity index (χ3v) is 3.43. The summed E-state index contributed by atoms with van der Waals surface area (Å²) in [6.07, 6.45) is 3.42. The van der Waals surface area contributed by atoms with Crippen molar-refractivity contribution < 1.29 is 4.79 Å². The van der Waals surface area contributed by atoms with E-state index in [9.17, 15) is 4.79 Å². The third-order valence-electron chi connectivity index (χ3n) is 2.79. The van der Waals surface area contributed by atoms with Crippen LogP contribution < -0.4 is 0 Å². The van der Waals surface area contributed by atoms with Gasteiger partial charge in [0.2, 0.25) is 0 Å². The number of halogens is 2. The first-order valence-electron chi connectivity index (χ1n) is 5.65. The quantitative estimate of drug-likeness (QED) is 0.804. The fourth-order valence-corrected chi connectivity index (χ4v) is 2.43. The van der Waals surface area contributed by atoms with Gasteiger partial charge in [-0.1, -0.05) is 11.6 Å². The Hall–Kier alpha value is -1.33. The molecule has 0 bridgehead atoms. The number of aryl methyl sites for hydroxylation is 1. The Bertz CT molecular complexity index is 612. The van der Waals surface area contributed by atoms with Crippen LogP contribution in [0.1, 0.15) is 16.1 Å². The topological polar surface area (TPSA) is 38.1 Å². The molecule has 0 radical (unpaired) electrons. The van der Waals surface area contributed by atoms with Crippen LogP contribution in [0.25, 0.3) is 0 Å². The first-order valence-corrected chi connectivity index (χ1v) is 6.82. The predicted molar refractivity (Wildman–Crippen MR) is 78.2 cm³/mol. The van der Waals surface area contributed by atoms with Gasteiger partial charge in [-0.2, -0.15) is 0 Å². The molecule has 0 atom stereocenters. The zero-order valence-corrected chi connectivity index (χ0v) is 12.9. The summed E-state index contributed by atoms with van der Waals surface area (Å²) in [6, 6.07) is 5.26. The summed E-state index contributed by atoms with van der Waals surface area (Å²) in [5, 5.41) is 0.671. The second kappa shape index (κ2) is 5.75. The highest BCUT2D eigenvalue weighted by molar-refractivity contribution is 9.10. The van der Waals surface area contributed by atoms with E-state index >= 15 is 0 Å². The molecule has 4 nitrogen and oxygen atoms in total. The Balaban J connectivity index is 2.14. The number of hydrogen-bond acceptors (Lipinski definition) is 2. The minimum Gasteiger partial charge on any atom is -0.351 e. The molecule has 1 amide bonds. The van der Waals surface area contributed by atoms with Crippen LogP contribution in [-0.2, 0) is 13.6 Å². The summed E-state index contributed by atoms with van der Waals surface area (Å²) in [6.45, 7) is 0.502. The lowest BCUT2D eigenvalue weighted by Crippen LogP contribution is -2.27. The minimum absolute atomic E-state index is 0.0552. The first-order chi connectivity index (χ1) is 8.97. The number of amides is 1. The van der Waals surface area contributed by atoms with Crippen molar-refractivity contribution in [3.05, 3.63) is 51.5 Å². The van der Waals surface area contributed by atoms with E-state index in [4.69, 9.17) is 11.6 Å². The smallest absolute Gasteiger partial charge is 0.254 e. The minimum atomic E-state index is -0.0552. The Labute approximate surface area is 125 Å². The molecule has 19 heavy (non-hydrogen) atoms. The third kappa shape index (κ3) is 3.36. The van der Waals surface area contributed by atoms with Gasteiger partial charge < -0.3 is 9.47 Å². The Kier molecular flexibility index (Phi) is 4.27. The van der Waals surface area contributed by atoms with E-state index < -0.39 is 0 Å². The summed E-state index contributed by atoms with van der Waals surface area (Å²) in [7, 11) is 3.67. The van der Waals surface area contributed by atoms with Gasteiger partial charge in [-0.15, -0.1) is 0 Å². The average Bonchev–Trinajstić information content (AvgIpc) is 2.66. The van der Waals surface area contributed by atoms with Gasteiger partial charge in [0.25, 0.3) is 5.91 Å². The van der Waals surface area contributed by atoms with Crippen LogP contribution in [0.15, 0.2) is 35.2 Å². The van der Waals surface area contributed by atoms with Crippen LogP contribution in [-0.4, -0.2) is 27.4 Å². The number of carbonyl (C=O) groups excluding carboxylic acids is 1. The van der Waals surface area contributed by atoms with E-state index in [1.807, 2.05) is 23.9 Å². The van der Waals surface area contributed by atoms with E-state index in [0.29, 0.717) is 21.7 Å². The lowest BCUT2D eigenvalue weighted by molar-refractivity contribution is 0.0782. The summed E-state index contributed by atoms with van der Waals surface area (Å²) in [5.74, 6) is -0.0552. The molecule has 2 aromatic rings. The van der Waals surface area contributed by atoms with Crippen LogP contribution in [0.5, 0.6) is 0 Å². The van der Waals surface area contributed by atoms with Gasteiger partial charge in [-0.05, 0) is 34.1 Å². The van der Waals surface area contributed by atoms with Crippen molar-refractivity contribution in [2.45, 2.75) is 6.54 Å². The zero-order valence-electron chi connectivity index (χ0n) is 10.6. The molecule has 0 saturated carbocycles. The zero-order chi connectivity index (χ0) is 14.0. The monoisotopic (exact) mass is 341 g/mol. The van der Waals surface area contributed by atoms with E-state index in [-0.39, 0.29) is 5.91 Å². The van der Waals surface area contributed by atoms with Gasteiger partial charge in [0.1, 0.15) is 4.60 Å². The molecular weight excluding hydrogens is 330 g/mol. The molecule has 6 heteroatoms. The normalized spacial score (nSPS) is 10.5. The van der Waals surface area contributed by atoms with Crippen LogP contribution in [0, 0.1) is 0 Å². The van der Waals surface area contributed by atoms with Crippen molar-refractivity contribution in [2.24, 2.45) is 7.05 Å². The molecule has 0 saturated heterocycles. The highest BCUT2D eigenvalue weighted by Crippen LogP contribution is 2.16. The van der Waals surface area contributed by atoms with Crippen molar-refractivity contribution in [3.8, 4) is 0 Å². The van der Waals surface area contributed by atoms with Crippen LogP contribution >= 0.6 is 27.5 Å².